The van der Waals surface area contributed by atoms with Gasteiger partial charge in [0.2, 0.25) is 0 Å². The van der Waals surface area contributed by atoms with Gasteiger partial charge in [0.25, 0.3) is 11.6 Å². The lowest BCUT2D eigenvalue weighted by molar-refractivity contribution is -0.384. The number of hydrogen-bond donors (Lipinski definition) is 2. The van der Waals surface area contributed by atoms with Gasteiger partial charge in [0.15, 0.2) is 0 Å². The molecule has 7 nitrogen and oxygen atoms in total. The second-order valence-corrected chi connectivity index (χ2v) is 6.83. The summed E-state index contributed by atoms with van der Waals surface area (Å²) in [5.74, 6) is -0.450. The molecule has 2 aromatic rings. The predicted octanol–water partition coefficient (Wildman–Crippen LogP) is 4.40. The van der Waals surface area contributed by atoms with E-state index in [-0.39, 0.29) is 17.4 Å². The van der Waals surface area contributed by atoms with E-state index in [0.29, 0.717) is 22.9 Å². The van der Waals surface area contributed by atoms with Crippen molar-refractivity contribution in [2.45, 2.75) is 25.9 Å². The molecule has 0 aromatic heterocycles. The number of amides is 1. The summed E-state index contributed by atoms with van der Waals surface area (Å²) in [6.07, 6.45) is 2.03. The normalized spacial score (nSPS) is 16.1. The number of rotatable bonds is 6. The highest BCUT2D eigenvalue weighted by Gasteiger charge is 2.20. The zero-order chi connectivity index (χ0) is 19.4. The molecule has 0 aliphatic carbocycles. The number of nitro groups is 1. The monoisotopic (exact) mass is 389 g/mol. The summed E-state index contributed by atoms with van der Waals surface area (Å²) < 4.78 is 5.57. The molecule has 1 fully saturated rings. The Kier molecular flexibility index (Phi) is 5.93. The summed E-state index contributed by atoms with van der Waals surface area (Å²) in [7, 11) is 0. The minimum absolute atomic E-state index is 0.0759. The molecule has 27 heavy (non-hydrogen) atoms. The van der Waals surface area contributed by atoms with E-state index in [2.05, 4.69) is 10.6 Å². The van der Waals surface area contributed by atoms with Crippen LogP contribution < -0.4 is 10.6 Å². The number of halogens is 1. The van der Waals surface area contributed by atoms with Gasteiger partial charge in [0.1, 0.15) is 0 Å². The molecule has 1 heterocycles. The van der Waals surface area contributed by atoms with Crippen LogP contribution in [0.4, 0.5) is 17.1 Å². The highest BCUT2D eigenvalue weighted by atomic mass is 35.5. The fourth-order valence-corrected chi connectivity index (χ4v) is 3.07. The highest BCUT2D eigenvalue weighted by Crippen LogP contribution is 2.26. The van der Waals surface area contributed by atoms with E-state index in [1.54, 1.807) is 24.3 Å². The minimum atomic E-state index is -0.524. The molecule has 3 rings (SSSR count). The lowest BCUT2D eigenvalue weighted by Gasteiger charge is -2.15. The molecular formula is C19H20ClN3O4. The molecule has 0 bridgehead atoms. The largest absolute Gasteiger partial charge is 0.382 e. The second-order valence-electron chi connectivity index (χ2n) is 6.42. The summed E-state index contributed by atoms with van der Waals surface area (Å²) in [5.41, 5.74) is 1.98. The first-order valence-electron chi connectivity index (χ1n) is 8.65. The maximum Gasteiger partial charge on any atom is 0.270 e. The van der Waals surface area contributed by atoms with Crippen molar-refractivity contribution >= 4 is 34.6 Å². The molecule has 1 saturated heterocycles. The van der Waals surface area contributed by atoms with E-state index in [4.69, 9.17) is 16.3 Å². The number of nitro benzene ring substituents is 1. The Morgan fingerprint density at radius 3 is 2.81 bits per heavy atom. The summed E-state index contributed by atoms with van der Waals surface area (Å²) >= 11 is 6.10. The number of hydrogen-bond acceptors (Lipinski definition) is 5. The number of nitrogens with one attached hydrogen (secondary N) is 2. The number of nitrogens with zero attached hydrogens (tertiary/aromatic N) is 1. The van der Waals surface area contributed by atoms with E-state index < -0.39 is 10.8 Å². The molecular weight excluding hydrogens is 370 g/mol. The molecule has 0 radical (unpaired) electrons. The Hall–Kier alpha value is -2.64. The van der Waals surface area contributed by atoms with E-state index >= 15 is 0 Å². The Labute approximate surface area is 161 Å². The lowest BCUT2D eigenvalue weighted by atomic mass is 10.1. The van der Waals surface area contributed by atoms with Gasteiger partial charge in [-0.05, 0) is 43.5 Å². The van der Waals surface area contributed by atoms with Crippen molar-refractivity contribution < 1.29 is 14.5 Å². The third kappa shape index (κ3) is 4.75. The summed E-state index contributed by atoms with van der Waals surface area (Å²) in [5, 5.41) is 17.6. The summed E-state index contributed by atoms with van der Waals surface area (Å²) in [4.78, 5) is 23.3. The molecule has 2 N–H and O–H groups in total. The van der Waals surface area contributed by atoms with Crippen LogP contribution in [0.3, 0.4) is 0 Å². The van der Waals surface area contributed by atoms with Gasteiger partial charge in [-0.25, -0.2) is 0 Å². The molecule has 1 atom stereocenters. The van der Waals surface area contributed by atoms with Crippen molar-refractivity contribution in [3.8, 4) is 0 Å². The molecule has 0 saturated carbocycles. The van der Waals surface area contributed by atoms with Gasteiger partial charge in [-0.2, -0.15) is 0 Å². The van der Waals surface area contributed by atoms with Crippen LogP contribution in [0.25, 0.3) is 0 Å². The van der Waals surface area contributed by atoms with Crippen molar-refractivity contribution in [3.05, 3.63) is 62.7 Å². The first kappa shape index (κ1) is 19.1. The highest BCUT2D eigenvalue weighted by molar-refractivity contribution is 6.31. The van der Waals surface area contributed by atoms with Crippen molar-refractivity contribution in [1.82, 2.24) is 0 Å². The molecule has 0 spiro atoms. The van der Waals surface area contributed by atoms with Crippen LogP contribution in [0.15, 0.2) is 36.4 Å². The fourth-order valence-electron chi connectivity index (χ4n) is 2.89. The smallest absolute Gasteiger partial charge is 0.270 e. The standard InChI is InChI=1S/C19H20ClN3O4/c1-12-4-5-13(9-17(12)20)22-19(24)16-10-14(23(25)26)6-7-18(16)21-11-15-3-2-8-27-15/h4-7,9-10,15,21H,2-3,8,11H2,1H3,(H,22,24)/t15-/m1/s1. The maximum absolute atomic E-state index is 12.8. The van der Waals surface area contributed by atoms with Gasteiger partial charge in [0.05, 0.1) is 16.6 Å². The molecule has 1 amide bonds. The molecule has 2 aromatic carbocycles. The van der Waals surface area contributed by atoms with Crippen molar-refractivity contribution in [1.29, 1.82) is 0 Å². The van der Waals surface area contributed by atoms with Crippen LogP contribution in [0, 0.1) is 17.0 Å². The van der Waals surface area contributed by atoms with Crippen LogP contribution in [-0.4, -0.2) is 30.1 Å². The number of non-ortho nitro benzene ring substituents is 1. The molecule has 8 heteroatoms. The third-order valence-corrected chi connectivity index (χ3v) is 4.84. The van der Waals surface area contributed by atoms with Crippen molar-refractivity contribution in [3.63, 3.8) is 0 Å². The molecule has 142 valence electrons. The number of carbonyl (C=O) groups excluding carboxylic acids is 1. The molecule has 0 unspecified atom stereocenters. The zero-order valence-electron chi connectivity index (χ0n) is 14.8. The maximum atomic E-state index is 12.8. The lowest BCUT2D eigenvalue weighted by Crippen LogP contribution is -2.21. The average molecular weight is 390 g/mol. The number of aryl methyl sites for hydroxylation is 1. The quantitative estimate of drug-likeness (QED) is 0.564. The summed E-state index contributed by atoms with van der Waals surface area (Å²) in [6, 6.07) is 9.36. The van der Waals surface area contributed by atoms with Gasteiger partial charge in [-0.3, -0.25) is 14.9 Å². The van der Waals surface area contributed by atoms with E-state index in [0.717, 1.165) is 25.0 Å². The first-order valence-corrected chi connectivity index (χ1v) is 9.03. The van der Waals surface area contributed by atoms with Gasteiger partial charge in [-0.1, -0.05) is 17.7 Å². The van der Waals surface area contributed by atoms with Crippen LogP contribution in [-0.2, 0) is 4.74 Å². The van der Waals surface area contributed by atoms with Crippen LogP contribution >= 0.6 is 11.6 Å². The van der Waals surface area contributed by atoms with Crippen LogP contribution in [0.2, 0.25) is 5.02 Å². The number of benzene rings is 2. The second kappa shape index (κ2) is 8.37. The molecule has 1 aliphatic rings. The number of anilines is 2. The fraction of sp³-hybridized carbons (Fsp3) is 0.316. The predicted molar refractivity (Wildman–Crippen MR) is 105 cm³/mol. The van der Waals surface area contributed by atoms with Crippen molar-refractivity contribution in [2.24, 2.45) is 0 Å². The number of ether oxygens (including phenoxy) is 1. The zero-order valence-corrected chi connectivity index (χ0v) is 15.6. The first-order chi connectivity index (χ1) is 12.9. The summed E-state index contributed by atoms with van der Waals surface area (Å²) in [6.45, 7) is 3.13. The Morgan fingerprint density at radius 1 is 1.33 bits per heavy atom. The third-order valence-electron chi connectivity index (χ3n) is 4.43. The Balaban J connectivity index is 1.82. The van der Waals surface area contributed by atoms with Gasteiger partial charge < -0.3 is 15.4 Å². The number of carbonyl (C=O) groups is 1. The van der Waals surface area contributed by atoms with E-state index in [9.17, 15) is 14.9 Å². The van der Waals surface area contributed by atoms with Gasteiger partial charge in [0, 0.05) is 41.7 Å². The van der Waals surface area contributed by atoms with Gasteiger partial charge in [-0.15, -0.1) is 0 Å². The van der Waals surface area contributed by atoms with E-state index in [1.165, 1.54) is 12.1 Å². The van der Waals surface area contributed by atoms with Crippen LogP contribution in [0.5, 0.6) is 0 Å². The van der Waals surface area contributed by atoms with Gasteiger partial charge >= 0.3 is 0 Å². The van der Waals surface area contributed by atoms with Crippen LogP contribution in [0.1, 0.15) is 28.8 Å². The Bertz CT molecular complexity index is 866. The average Bonchev–Trinajstić information content (AvgIpc) is 3.16. The SMILES string of the molecule is Cc1ccc(NC(=O)c2cc([N+](=O)[O-])ccc2NC[C@H]2CCCO2)cc1Cl. The Morgan fingerprint density at radius 2 is 2.15 bits per heavy atom. The topological polar surface area (TPSA) is 93.5 Å². The minimum Gasteiger partial charge on any atom is -0.382 e. The van der Waals surface area contributed by atoms with Crippen molar-refractivity contribution in [2.75, 3.05) is 23.8 Å². The van der Waals surface area contributed by atoms with E-state index in [1.807, 2.05) is 6.92 Å². The molecule has 1 aliphatic heterocycles.